The molecule has 16 heavy (non-hydrogen) atoms. The van der Waals surface area contributed by atoms with E-state index in [-0.39, 0.29) is 24.4 Å². The Bertz CT molecular complexity index is 283. The second-order valence-corrected chi connectivity index (χ2v) is 4.33. The molecule has 0 radical (unpaired) electrons. The summed E-state index contributed by atoms with van der Waals surface area (Å²) in [5, 5.41) is 8.66. The van der Waals surface area contributed by atoms with Crippen molar-refractivity contribution >= 4 is 11.9 Å². The second-order valence-electron chi connectivity index (χ2n) is 4.33. The highest BCUT2D eigenvalue weighted by molar-refractivity contribution is 5.87. The standard InChI is InChI=1S/C12H20O4/c1-7(2)12(15)16-10(5)9(4)8(3)6-11(13)14/h8-10H,1,6H2,2-5H3,(H,13,14). The van der Waals surface area contributed by atoms with E-state index in [0.717, 1.165) is 0 Å². The van der Waals surface area contributed by atoms with Crippen molar-refractivity contribution in [1.82, 2.24) is 0 Å². The zero-order valence-electron chi connectivity index (χ0n) is 10.3. The predicted octanol–water partition coefficient (Wildman–Crippen LogP) is 2.24. The quantitative estimate of drug-likeness (QED) is 0.559. The molecule has 4 heteroatoms. The predicted molar refractivity (Wildman–Crippen MR) is 60.9 cm³/mol. The van der Waals surface area contributed by atoms with Gasteiger partial charge in [0.25, 0.3) is 0 Å². The number of carboxylic acid groups (broad SMARTS) is 1. The van der Waals surface area contributed by atoms with Crippen molar-refractivity contribution in [3.05, 3.63) is 12.2 Å². The van der Waals surface area contributed by atoms with Crippen molar-refractivity contribution in [2.75, 3.05) is 0 Å². The van der Waals surface area contributed by atoms with Crippen LogP contribution in [0.15, 0.2) is 12.2 Å². The number of aliphatic carboxylic acids is 1. The van der Waals surface area contributed by atoms with E-state index in [1.54, 1.807) is 13.8 Å². The van der Waals surface area contributed by atoms with Gasteiger partial charge in [-0.1, -0.05) is 20.4 Å². The van der Waals surface area contributed by atoms with E-state index in [1.165, 1.54) is 0 Å². The molecule has 0 spiro atoms. The summed E-state index contributed by atoms with van der Waals surface area (Å²) in [6.07, 6.45) is -0.227. The maximum absolute atomic E-state index is 11.3. The van der Waals surface area contributed by atoms with E-state index in [4.69, 9.17) is 9.84 Å². The van der Waals surface area contributed by atoms with Crippen molar-refractivity contribution < 1.29 is 19.4 Å². The average molecular weight is 228 g/mol. The molecule has 0 aromatic carbocycles. The van der Waals surface area contributed by atoms with Gasteiger partial charge in [0.05, 0.1) is 0 Å². The molecule has 0 saturated heterocycles. The van der Waals surface area contributed by atoms with Gasteiger partial charge in [-0.3, -0.25) is 4.79 Å². The summed E-state index contributed by atoms with van der Waals surface area (Å²) in [4.78, 5) is 21.8. The zero-order valence-corrected chi connectivity index (χ0v) is 10.3. The molecule has 0 aromatic rings. The average Bonchev–Trinajstić information content (AvgIpc) is 2.14. The number of ether oxygens (including phenoxy) is 1. The molecule has 92 valence electrons. The summed E-state index contributed by atoms with van der Waals surface area (Å²) in [6, 6.07) is 0. The van der Waals surface area contributed by atoms with Crippen LogP contribution < -0.4 is 0 Å². The topological polar surface area (TPSA) is 63.6 Å². The molecule has 0 amide bonds. The van der Waals surface area contributed by atoms with E-state index in [0.29, 0.717) is 5.57 Å². The Labute approximate surface area is 96.3 Å². The van der Waals surface area contributed by atoms with Gasteiger partial charge >= 0.3 is 11.9 Å². The fourth-order valence-electron chi connectivity index (χ4n) is 1.30. The van der Waals surface area contributed by atoms with Crippen molar-refractivity contribution in [3.8, 4) is 0 Å². The minimum atomic E-state index is -0.835. The van der Waals surface area contributed by atoms with Crippen LogP contribution in [0.2, 0.25) is 0 Å². The molecular formula is C12H20O4. The van der Waals surface area contributed by atoms with Crippen LogP contribution in [0.1, 0.15) is 34.1 Å². The van der Waals surface area contributed by atoms with Crippen LogP contribution in [0.4, 0.5) is 0 Å². The number of hydrogen-bond donors (Lipinski definition) is 1. The first-order chi connectivity index (χ1) is 7.25. The minimum absolute atomic E-state index is 0.000556. The lowest BCUT2D eigenvalue weighted by molar-refractivity contribution is -0.147. The van der Waals surface area contributed by atoms with Crippen LogP contribution in [-0.4, -0.2) is 23.1 Å². The molecule has 0 fully saturated rings. The SMILES string of the molecule is C=C(C)C(=O)OC(C)C(C)C(C)CC(=O)O. The molecule has 3 unspecified atom stereocenters. The van der Waals surface area contributed by atoms with Crippen LogP contribution >= 0.6 is 0 Å². The van der Waals surface area contributed by atoms with E-state index >= 15 is 0 Å². The molecule has 0 saturated carbocycles. The highest BCUT2D eigenvalue weighted by Crippen LogP contribution is 2.21. The van der Waals surface area contributed by atoms with Crippen molar-refractivity contribution in [2.45, 2.75) is 40.2 Å². The number of esters is 1. The Hall–Kier alpha value is -1.32. The van der Waals surface area contributed by atoms with E-state index in [2.05, 4.69) is 6.58 Å². The lowest BCUT2D eigenvalue weighted by Gasteiger charge is -2.25. The number of rotatable bonds is 6. The van der Waals surface area contributed by atoms with Gasteiger partial charge in [0, 0.05) is 12.0 Å². The molecule has 4 nitrogen and oxygen atoms in total. The molecule has 1 N–H and O–H groups in total. The van der Waals surface area contributed by atoms with Crippen LogP contribution in [0.25, 0.3) is 0 Å². The summed E-state index contributed by atoms with van der Waals surface area (Å²) in [7, 11) is 0. The largest absolute Gasteiger partial charge is 0.481 e. The molecule has 0 heterocycles. The number of carboxylic acids is 1. The second kappa shape index (κ2) is 6.30. The zero-order chi connectivity index (χ0) is 12.9. The smallest absolute Gasteiger partial charge is 0.333 e. The minimum Gasteiger partial charge on any atom is -0.481 e. The highest BCUT2D eigenvalue weighted by Gasteiger charge is 2.24. The van der Waals surface area contributed by atoms with E-state index in [1.807, 2.05) is 13.8 Å². The third-order valence-corrected chi connectivity index (χ3v) is 2.78. The molecule has 0 aliphatic rings. The first kappa shape index (κ1) is 14.7. The summed E-state index contributed by atoms with van der Waals surface area (Å²) >= 11 is 0. The Balaban J connectivity index is 4.27. The maximum Gasteiger partial charge on any atom is 0.333 e. The number of carbonyl (C=O) groups excluding carboxylic acids is 1. The Morgan fingerprint density at radius 2 is 1.81 bits per heavy atom. The molecule has 3 atom stereocenters. The van der Waals surface area contributed by atoms with Gasteiger partial charge in [-0.2, -0.15) is 0 Å². The lowest BCUT2D eigenvalue weighted by Crippen LogP contribution is -2.28. The van der Waals surface area contributed by atoms with Gasteiger partial charge in [0.2, 0.25) is 0 Å². The molecule has 0 aliphatic heterocycles. The van der Waals surface area contributed by atoms with Crippen LogP contribution in [0.3, 0.4) is 0 Å². The molecule has 0 aliphatic carbocycles. The first-order valence-corrected chi connectivity index (χ1v) is 5.34. The molecule has 0 rings (SSSR count). The summed E-state index contributed by atoms with van der Waals surface area (Å²) in [5.74, 6) is -1.30. The normalized spacial score (nSPS) is 16.0. The van der Waals surface area contributed by atoms with E-state index in [9.17, 15) is 9.59 Å². The monoisotopic (exact) mass is 228 g/mol. The van der Waals surface area contributed by atoms with E-state index < -0.39 is 11.9 Å². The van der Waals surface area contributed by atoms with Gasteiger partial charge in [-0.15, -0.1) is 0 Å². The maximum atomic E-state index is 11.3. The summed E-state index contributed by atoms with van der Waals surface area (Å²) in [5.41, 5.74) is 0.352. The Morgan fingerprint density at radius 1 is 1.31 bits per heavy atom. The van der Waals surface area contributed by atoms with Gasteiger partial charge in [-0.05, 0) is 25.7 Å². The lowest BCUT2D eigenvalue weighted by atomic mass is 9.89. The van der Waals surface area contributed by atoms with Gasteiger partial charge in [-0.25, -0.2) is 4.79 Å². The molecule has 0 bridgehead atoms. The van der Waals surface area contributed by atoms with Crippen molar-refractivity contribution in [2.24, 2.45) is 11.8 Å². The molecular weight excluding hydrogens is 208 g/mol. The highest BCUT2D eigenvalue weighted by atomic mass is 16.5. The Morgan fingerprint density at radius 3 is 2.19 bits per heavy atom. The molecule has 0 aromatic heterocycles. The Kier molecular flexibility index (Phi) is 5.78. The fourth-order valence-corrected chi connectivity index (χ4v) is 1.30. The fraction of sp³-hybridized carbons (Fsp3) is 0.667. The van der Waals surface area contributed by atoms with Crippen molar-refractivity contribution in [3.63, 3.8) is 0 Å². The van der Waals surface area contributed by atoms with Gasteiger partial charge in [0.1, 0.15) is 6.10 Å². The van der Waals surface area contributed by atoms with Gasteiger partial charge in [0.15, 0.2) is 0 Å². The third-order valence-electron chi connectivity index (χ3n) is 2.78. The van der Waals surface area contributed by atoms with Gasteiger partial charge < -0.3 is 9.84 Å². The number of carbonyl (C=O) groups is 2. The van der Waals surface area contributed by atoms with Crippen LogP contribution in [0.5, 0.6) is 0 Å². The summed E-state index contributed by atoms with van der Waals surface area (Å²) in [6.45, 7) is 10.6. The summed E-state index contributed by atoms with van der Waals surface area (Å²) < 4.78 is 5.14. The first-order valence-electron chi connectivity index (χ1n) is 5.34. The number of hydrogen-bond acceptors (Lipinski definition) is 3. The van der Waals surface area contributed by atoms with Crippen LogP contribution in [0, 0.1) is 11.8 Å². The third kappa shape index (κ3) is 4.96. The van der Waals surface area contributed by atoms with Crippen LogP contribution in [-0.2, 0) is 14.3 Å². The van der Waals surface area contributed by atoms with Crippen molar-refractivity contribution in [1.29, 1.82) is 0 Å².